The van der Waals surface area contributed by atoms with Gasteiger partial charge in [0.1, 0.15) is 0 Å². The lowest BCUT2D eigenvalue weighted by Crippen LogP contribution is -2.48. The van der Waals surface area contributed by atoms with E-state index in [0.717, 1.165) is 45.2 Å². The molecule has 1 aromatic rings. The van der Waals surface area contributed by atoms with Crippen molar-refractivity contribution in [2.24, 2.45) is 0 Å². The summed E-state index contributed by atoms with van der Waals surface area (Å²) in [6, 6.07) is 10.4. The third-order valence-electron chi connectivity index (χ3n) is 4.83. The molecule has 122 valence electrons. The maximum Gasteiger partial charge on any atom is 0.217 e. The normalized spacial score (nSPS) is 21.4. The fraction of sp³-hybridized carbons (Fsp3) is 0.647. The lowest BCUT2D eigenvalue weighted by molar-refractivity contribution is 0.183. The van der Waals surface area contributed by atoms with Crippen LogP contribution in [0.4, 0.5) is 0 Å². The summed E-state index contributed by atoms with van der Waals surface area (Å²) in [6.07, 6.45) is 4.40. The summed E-state index contributed by atoms with van der Waals surface area (Å²) in [5.74, 6) is 0. The van der Waals surface area contributed by atoms with Gasteiger partial charge in [-0.1, -0.05) is 30.3 Å². The van der Waals surface area contributed by atoms with Gasteiger partial charge in [-0.2, -0.15) is 4.31 Å². The number of hydrogen-bond acceptors (Lipinski definition) is 3. The summed E-state index contributed by atoms with van der Waals surface area (Å²) < 4.78 is 27.5. The summed E-state index contributed by atoms with van der Waals surface area (Å²) in [5.41, 5.74) is 1.21. The molecule has 0 amide bonds. The first kappa shape index (κ1) is 16.0. The van der Waals surface area contributed by atoms with Gasteiger partial charge in [0, 0.05) is 12.6 Å². The molecule has 2 aliphatic rings. The van der Waals surface area contributed by atoms with Crippen molar-refractivity contribution >= 4 is 10.0 Å². The molecule has 0 spiro atoms. The highest BCUT2D eigenvalue weighted by Crippen LogP contribution is 2.33. The standard InChI is InChI=1S/C17H26N2O2S/c1-18-12-10-16(11-13-18)19(22(20,21)17-7-8-17)14-9-15-5-3-2-4-6-15/h2-6,16-17H,7-14H2,1H3. The Hall–Kier alpha value is -0.910. The third-order valence-corrected chi connectivity index (χ3v) is 7.28. The maximum absolute atomic E-state index is 12.8. The minimum absolute atomic E-state index is 0.108. The quantitative estimate of drug-likeness (QED) is 0.805. The lowest BCUT2D eigenvalue weighted by atomic mass is 10.0. The Balaban J connectivity index is 1.71. The second kappa shape index (κ2) is 6.69. The Kier molecular flexibility index (Phi) is 4.85. The van der Waals surface area contributed by atoms with E-state index in [-0.39, 0.29) is 11.3 Å². The number of rotatable bonds is 6. The second-order valence-corrected chi connectivity index (χ2v) is 8.79. The largest absolute Gasteiger partial charge is 0.306 e. The Morgan fingerprint density at radius 3 is 2.32 bits per heavy atom. The number of likely N-dealkylation sites (tertiary alicyclic amines) is 1. The first-order valence-corrected chi connectivity index (χ1v) is 9.81. The van der Waals surface area contributed by atoms with Crippen molar-refractivity contribution in [3.8, 4) is 0 Å². The van der Waals surface area contributed by atoms with E-state index in [0.29, 0.717) is 6.54 Å². The van der Waals surface area contributed by atoms with Gasteiger partial charge in [-0.3, -0.25) is 0 Å². The van der Waals surface area contributed by atoms with Gasteiger partial charge in [0.25, 0.3) is 0 Å². The number of hydrogen-bond donors (Lipinski definition) is 0. The molecule has 0 unspecified atom stereocenters. The van der Waals surface area contributed by atoms with Crippen LogP contribution in [0.3, 0.4) is 0 Å². The molecule has 2 fully saturated rings. The predicted molar refractivity (Wildman–Crippen MR) is 89.3 cm³/mol. The van der Waals surface area contributed by atoms with Crippen molar-refractivity contribution in [3.05, 3.63) is 35.9 Å². The van der Waals surface area contributed by atoms with Gasteiger partial charge >= 0.3 is 0 Å². The van der Waals surface area contributed by atoms with E-state index in [2.05, 4.69) is 24.1 Å². The molecule has 1 aliphatic carbocycles. The van der Waals surface area contributed by atoms with Crippen molar-refractivity contribution in [2.75, 3.05) is 26.7 Å². The van der Waals surface area contributed by atoms with Crippen LogP contribution in [0.15, 0.2) is 30.3 Å². The molecule has 1 saturated heterocycles. The molecule has 0 aromatic heterocycles. The Morgan fingerprint density at radius 2 is 1.73 bits per heavy atom. The van der Waals surface area contributed by atoms with Crippen LogP contribution in [0.1, 0.15) is 31.2 Å². The van der Waals surface area contributed by atoms with Crippen LogP contribution in [0, 0.1) is 0 Å². The minimum Gasteiger partial charge on any atom is -0.306 e. The topological polar surface area (TPSA) is 40.6 Å². The number of benzene rings is 1. The van der Waals surface area contributed by atoms with Crippen molar-refractivity contribution in [3.63, 3.8) is 0 Å². The van der Waals surface area contributed by atoms with Crippen LogP contribution in [-0.4, -0.2) is 55.6 Å². The molecule has 0 radical (unpaired) electrons. The van der Waals surface area contributed by atoms with Crippen LogP contribution >= 0.6 is 0 Å². The van der Waals surface area contributed by atoms with Gasteiger partial charge in [-0.15, -0.1) is 0 Å². The monoisotopic (exact) mass is 322 g/mol. The van der Waals surface area contributed by atoms with Crippen LogP contribution in [0.5, 0.6) is 0 Å². The zero-order valence-electron chi connectivity index (χ0n) is 13.3. The number of nitrogens with zero attached hydrogens (tertiary/aromatic N) is 2. The maximum atomic E-state index is 12.8. The summed E-state index contributed by atoms with van der Waals surface area (Å²) in [7, 11) is -0.989. The Bertz CT molecular complexity index is 576. The smallest absolute Gasteiger partial charge is 0.217 e. The summed E-state index contributed by atoms with van der Waals surface area (Å²) in [6.45, 7) is 2.61. The fourth-order valence-corrected chi connectivity index (χ4v) is 5.33. The molecular formula is C17H26N2O2S. The molecule has 0 atom stereocenters. The van der Waals surface area contributed by atoms with Gasteiger partial charge in [0.05, 0.1) is 5.25 Å². The molecule has 0 N–H and O–H groups in total. The molecule has 5 heteroatoms. The zero-order chi connectivity index (χ0) is 15.6. The fourth-order valence-electron chi connectivity index (χ4n) is 3.24. The van der Waals surface area contributed by atoms with Gasteiger partial charge in [-0.25, -0.2) is 8.42 Å². The average Bonchev–Trinajstić information content (AvgIpc) is 3.35. The van der Waals surface area contributed by atoms with Gasteiger partial charge in [0.2, 0.25) is 10.0 Å². The van der Waals surface area contributed by atoms with Crippen LogP contribution in [0.25, 0.3) is 0 Å². The molecule has 1 aliphatic heterocycles. The van der Waals surface area contributed by atoms with E-state index >= 15 is 0 Å². The second-order valence-electron chi connectivity index (χ2n) is 6.63. The molecular weight excluding hydrogens is 296 g/mol. The van der Waals surface area contributed by atoms with E-state index in [1.807, 2.05) is 22.5 Å². The Labute approximate surface area is 134 Å². The number of sulfonamides is 1. The van der Waals surface area contributed by atoms with Crippen LogP contribution < -0.4 is 0 Å². The van der Waals surface area contributed by atoms with Gasteiger partial charge in [-0.05, 0) is 57.8 Å². The van der Waals surface area contributed by atoms with Crippen molar-refractivity contribution in [2.45, 2.75) is 43.4 Å². The third kappa shape index (κ3) is 3.70. The zero-order valence-corrected chi connectivity index (χ0v) is 14.1. The molecule has 4 nitrogen and oxygen atoms in total. The molecule has 22 heavy (non-hydrogen) atoms. The number of piperidine rings is 1. The summed E-state index contributed by atoms with van der Waals surface area (Å²) in [4.78, 5) is 2.29. The van der Waals surface area contributed by atoms with Crippen molar-refractivity contribution in [1.29, 1.82) is 0 Å². The SMILES string of the molecule is CN1CCC(N(CCc2ccccc2)S(=O)(=O)C2CC2)CC1. The molecule has 1 saturated carbocycles. The van der Waals surface area contributed by atoms with Crippen molar-refractivity contribution < 1.29 is 8.42 Å². The molecule has 1 aromatic carbocycles. The highest BCUT2D eigenvalue weighted by molar-refractivity contribution is 7.90. The first-order valence-electron chi connectivity index (χ1n) is 8.30. The van der Waals surface area contributed by atoms with Crippen LogP contribution in [0.2, 0.25) is 0 Å². The molecule has 1 heterocycles. The van der Waals surface area contributed by atoms with E-state index in [1.54, 1.807) is 0 Å². The molecule has 3 rings (SSSR count). The molecule has 0 bridgehead atoms. The minimum atomic E-state index is -3.10. The highest BCUT2D eigenvalue weighted by Gasteiger charge is 2.42. The van der Waals surface area contributed by atoms with Crippen molar-refractivity contribution in [1.82, 2.24) is 9.21 Å². The average molecular weight is 322 g/mol. The summed E-state index contributed by atoms with van der Waals surface area (Å²) >= 11 is 0. The highest BCUT2D eigenvalue weighted by atomic mass is 32.2. The van der Waals surface area contributed by atoms with Crippen LogP contribution in [-0.2, 0) is 16.4 Å². The van der Waals surface area contributed by atoms with E-state index in [9.17, 15) is 8.42 Å². The summed E-state index contributed by atoms with van der Waals surface area (Å²) in [5, 5.41) is -0.108. The van der Waals surface area contributed by atoms with E-state index in [1.165, 1.54) is 5.56 Å². The lowest BCUT2D eigenvalue weighted by Gasteiger charge is -2.36. The Morgan fingerprint density at radius 1 is 1.09 bits per heavy atom. The van der Waals surface area contributed by atoms with E-state index < -0.39 is 10.0 Å². The van der Waals surface area contributed by atoms with Gasteiger partial charge < -0.3 is 4.90 Å². The predicted octanol–water partition coefficient (Wildman–Crippen LogP) is 2.12. The van der Waals surface area contributed by atoms with E-state index in [4.69, 9.17) is 0 Å². The first-order chi connectivity index (χ1) is 10.6. The van der Waals surface area contributed by atoms with Gasteiger partial charge in [0.15, 0.2) is 0 Å².